The summed E-state index contributed by atoms with van der Waals surface area (Å²) in [6.07, 6.45) is 11.2. The van der Waals surface area contributed by atoms with Gasteiger partial charge in [0.15, 0.2) is 0 Å². The number of hydrogen-bond acceptors (Lipinski definition) is 2. The van der Waals surface area contributed by atoms with Crippen LogP contribution in [-0.4, -0.2) is 18.5 Å². The summed E-state index contributed by atoms with van der Waals surface area (Å²) < 4.78 is 5.81. The molecule has 1 aromatic carbocycles. The monoisotopic (exact) mass is 341 g/mol. The van der Waals surface area contributed by atoms with Crippen molar-refractivity contribution in [2.24, 2.45) is 16.8 Å². The number of benzene rings is 1. The highest BCUT2D eigenvalue weighted by Crippen LogP contribution is 2.37. The van der Waals surface area contributed by atoms with E-state index in [1.807, 2.05) is 0 Å². The number of unbranched alkanes of at least 4 members (excludes halogenated alkanes) is 2. The fourth-order valence-corrected chi connectivity index (χ4v) is 4.25. The van der Waals surface area contributed by atoms with Crippen LogP contribution in [-0.2, 0) is 4.74 Å². The molecule has 1 aliphatic heterocycles. The molecule has 2 nitrogen and oxygen atoms in total. The van der Waals surface area contributed by atoms with E-state index < -0.39 is 0 Å². The molecule has 1 atom stereocenters. The third-order valence-corrected chi connectivity index (χ3v) is 6.14. The summed E-state index contributed by atoms with van der Waals surface area (Å²) in [4.78, 5) is 4.74. The minimum Gasteiger partial charge on any atom is -0.475 e. The third-order valence-electron chi connectivity index (χ3n) is 6.14. The smallest absolute Gasteiger partial charge is 0.216 e. The normalized spacial score (nSPS) is 26.6. The maximum Gasteiger partial charge on any atom is 0.216 e. The van der Waals surface area contributed by atoms with Gasteiger partial charge in [-0.25, -0.2) is 4.99 Å². The fraction of sp³-hybridized carbons (Fsp3) is 0.696. The zero-order valence-electron chi connectivity index (χ0n) is 16.3. The molecule has 0 amide bonds. The SMILES string of the molecule is CCCCCC1CCC(c2ccc(C3=NC(C(C)C)CO3)cc2)CC1. The van der Waals surface area contributed by atoms with Gasteiger partial charge in [-0.2, -0.15) is 0 Å². The maximum absolute atomic E-state index is 5.81. The Labute approximate surface area is 154 Å². The summed E-state index contributed by atoms with van der Waals surface area (Å²) in [5.74, 6) is 3.12. The van der Waals surface area contributed by atoms with E-state index in [4.69, 9.17) is 9.73 Å². The quantitative estimate of drug-likeness (QED) is 0.530. The number of hydrogen-bond donors (Lipinski definition) is 0. The molecule has 1 heterocycles. The second-order valence-corrected chi connectivity index (χ2v) is 8.39. The Morgan fingerprint density at radius 3 is 2.36 bits per heavy atom. The largest absolute Gasteiger partial charge is 0.475 e. The van der Waals surface area contributed by atoms with Crippen molar-refractivity contribution in [3.8, 4) is 0 Å². The first-order valence-electron chi connectivity index (χ1n) is 10.5. The van der Waals surface area contributed by atoms with Gasteiger partial charge >= 0.3 is 0 Å². The van der Waals surface area contributed by atoms with Gasteiger partial charge in [-0.15, -0.1) is 0 Å². The number of ether oxygens (including phenoxy) is 1. The Morgan fingerprint density at radius 1 is 1.04 bits per heavy atom. The lowest BCUT2D eigenvalue weighted by Gasteiger charge is -2.29. The van der Waals surface area contributed by atoms with E-state index >= 15 is 0 Å². The standard InChI is InChI=1S/C23H35NO/c1-4-5-6-7-18-8-10-19(11-9-18)20-12-14-21(15-13-20)23-24-22(16-25-23)17(2)3/h12-15,17-19,22H,4-11,16H2,1-3H3. The zero-order valence-corrected chi connectivity index (χ0v) is 16.3. The van der Waals surface area contributed by atoms with Crippen molar-refractivity contribution in [1.82, 2.24) is 0 Å². The molecule has 1 fully saturated rings. The Morgan fingerprint density at radius 2 is 1.76 bits per heavy atom. The number of aliphatic imine (C=N–C) groups is 1. The first kappa shape index (κ1) is 18.5. The summed E-state index contributed by atoms with van der Waals surface area (Å²) in [5, 5.41) is 0. The predicted octanol–water partition coefficient (Wildman–Crippen LogP) is 6.34. The first-order chi connectivity index (χ1) is 12.2. The average molecular weight is 342 g/mol. The molecule has 138 valence electrons. The number of rotatable bonds is 7. The van der Waals surface area contributed by atoms with Crippen LogP contribution < -0.4 is 0 Å². The lowest BCUT2D eigenvalue weighted by atomic mass is 9.77. The van der Waals surface area contributed by atoms with Crippen LogP contribution >= 0.6 is 0 Å². The van der Waals surface area contributed by atoms with Crippen LogP contribution in [0.1, 0.15) is 89.2 Å². The van der Waals surface area contributed by atoms with Crippen LogP contribution in [0.25, 0.3) is 0 Å². The van der Waals surface area contributed by atoms with Gasteiger partial charge in [0, 0.05) is 5.56 Å². The van der Waals surface area contributed by atoms with Crippen LogP contribution in [0.5, 0.6) is 0 Å². The molecule has 3 rings (SSSR count). The Balaban J connectivity index is 1.53. The fourth-order valence-electron chi connectivity index (χ4n) is 4.25. The summed E-state index contributed by atoms with van der Waals surface area (Å²) in [6.45, 7) is 7.45. The van der Waals surface area contributed by atoms with Gasteiger partial charge < -0.3 is 4.74 Å². The Hall–Kier alpha value is -1.31. The molecule has 0 N–H and O–H groups in total. The van der Waals surface area contributed by atoms with Gasteiger partial charge in [-0.05, 0) is 61.1 Å². The highest BCUT2D eigenvalue weighted by atomic mass is 16.5. The summed E-state index contributed by atoms with van der Waals surface area (Å²) in [5.41, 5.74) is 2.65. The third kappa shape index (κ3) is 4.86. The Bertz CT molecular complexity index is 552. The molecule has 1 aromatic rings. The molecular formula is C23H35NO. The van der Waals surface area contributed by atoms with Crippen molar-refractivity contribution in [3.63, 3.8) is 0 Å². The lowest BCUT2D eigenvalue weighted by Crippen LogP contribution is -2.13. The molecule has 0 saturated heterocycles. The summed E-state index contributed by atoms with van der Waals surface area (Å²) in [6, 6.07) is 9.37. The molecular weight excluding hydrogens is 306 g/mol. The second-order valence-electron chi connectivity index (χ2n) is 8.39. The van der Waals surface area contributed by atoms with Gasteiger partial charge in [0.2, 0.25) is 5.90 Å². The van der Waals surface area contributed by atoms with Crippen LogP contribution in [0.15, 0.2) is 29.3 Å². The molecule has 0 spiro atoms. The van der Waals surface area contributed by atoms with E-state index in [2.05, 4.69) is 45.0 Å². The van der Waals surface area contributed by atoms with Crippen molar-refractivity contribution in [1.29, 1.82) is 0 Å². The minimum atomic E-state index is 0.317. The van der Waals surface area contributed by atoms with E-state index in [1.165, 1.54) is 56.9 Å². The average Bonchev–Trinajstić information content (AvgIpc) is 3.13. The van der Waals surface area contributed by atoms with E-state index in [0.717, 1.165) is 29.9 Å². The zero-order chi connectivity index (χ0) is 17.6. The molecule has 2 heteroatoms. The Kier molecular flexibility index (Phi) is 6.56. The summed E-state index contributed by atoms with van der Waals surface area (Å²) >= 11 is 0. The van der Waals surface area contributed by atoms with Gasteiger partial charge in [0.05, 0.1) is 6.04 Å². The topological polar surface area (TPSA) is 21.6 Å². The second kappa shape index (κ2) is 8.87. The van der Waals surface area contributed by atoms with Crippen molar-refractivity contribution in [3.05, 3.63) is 35.4 Å². The molecule has 1 saturated carbocycles. The van der Waals surface area contributed by atoms with E-state index in [0.29, 0.717) is 12.0 Å². The van der Waals surface area contributed by atoms with E-state index in [9.17, 15) is 0 Å². The maximum atomic E-state index is 5.81. The summed E-state index contributed by atoms with van der Waals surface area (Å²) in [7, 11) is 0. The van der Waals surface area contributed by atoms with Crippen LogP contribution in [0.3, 0.4) is 0 Å². The van der Waals surface area contributed by atoms with Gasteiger partial charge in [-0.1, -0.05) is 58.6 Å². The van der Waals surface area contributed by atoms with Gasteiger partial charge in [0.25, 0.3) is 0 Å². The molecule has 1 unspecified atom stereocenters. The molecule has 0 radical (unpaired) electrons. The van der Waals surface area contributed by atoms with Gasteiger partial charge in [-0.3, -0.25) is 0 Å². The lowest BCUT2D eigenvalue weighted by molar-refractivity contribution is 0.292. The van der Waals surface area contributed by atoms with E-state index in [-0.39, 0.29) is 0 Å². The van der Waals surface area contributed by atoms with Crippen molar-refractivity contribution in [2.45, 2.75) is 84.1 Å². The highest BCUT2D eigenvalue weighted by molar-refractivity contribution is 5.95. The molecule has 2 aliphatic rings. The molecule has 0 bridgehead atoms. The predicted molar refractivity (Wildman–Crippen MR) is 106 cm³/mol. The van der Waals surface area contributed by atoms with Crippen LogP contribution in [0.4, 0.5) is 0 Å². The molecule has 0 aromatic heterocycles. The first-order valence-corrected chi connectivity index (χ1v) is 10.5. The van der Waals surface area contributed by atoms with Crippen LogP contribution in [0.2, 0.25) is 0 Å². The highest BCUT2D eigenvalue weighted by Gasteiger charge is 2.24. The molecule has 25 heavy (non-hydrogen) atoms. The van der Waals surface area contributed by atoms with E-state index in [1.54, 1.807) is 0 Å². The van der Waals surface area contributed by atoms with Crippen molar-refractivity contribution < 1.29 is 4.74 Å². The van der Waals surface area contributed by atoms with Crippen molar-refractivity contribution in [2.75, 3.05) is 6.61 Å². The molecule has 1 aliphatic carbocycles. The number of nitrogens with zero attached hydrogens (tertiary/aromatic N) is 1. The van der Waals surface area contributed by atoms with Crippen LogP contribution in [0, 0.1) is 11.8 Å². The van der Waals surface area contributed by atoms with Crippen molar-refractivity contribution >= 4 is 5.90 Å². The van der Waals surface area contributed by atoms with Gasteiger partial charge in [0.1, 0.15) is 6.61 Å². The minimum absolute atomic E-state index is 0.317.